The van der Waals surface area contributed by atoms with Crippen molar-refractivity contribution in [1.82, 2.24) is 9.88 Å². The fraction of sp³-hybridized carbons (Fsp3) is 0.400. The molecule has 1 N–H and O–H groups in total. The van der Waals surface area contributed by atoms with Crippen molar-refractivity contribution in [3.05, 3.63) is 36.0 Å². The number of benzene rings is 1. The predicted octanol–water partition coefficient (Wildman–Crippen LogP) is 3.54. The average molecular weight is 279 g/mol. The molecule has 2 heterocycles. The Balaban J connectivity index is 0.00000133. The van der Waals surface area contributed by atoms with Crippen LogP contribution in [0.4, 0.5) is 0 Å². The first-order valence-corrected chi connectivity index (χ1v) is 6.61. The second-order valence-corrected chi connectivity index (χ2v) is 4.99. The molecule has 1 saturated heterocycles. The van der Waals surface area contributed by atoms with Crippen molar-refractivity contribution < 1.29 is 4.79 Å². The summed E-state index contributed by atoms with van der Waals surface area (Å²) in [7, 11) is 0. The maximum Gasteiger partial charge on any atom is 0.227 e. The van der Waals surface area contributed by atoms with Crippen molar-refractivity contribution in [2.45, 2.75) is 32.2 Å². The second kappa shape index (κ2) is 5.76. The van der Waals surface area contributed by atoms with Gasteiger partial charge < -0.3 is 5.32 Å². The lowest BCUT2D eigenvalue weighted by atomic mass is 9.97. The number of carbonyl (C=O) groups excluding carboxylic acids is 1. The molecule has 1 aromatic heterocycles. The van der Waals surface area contributed by atoms with Crippen molar-refractivity contribution in [3.8, 4) is 0 Å². The molecule has 0 amide bonds. The van der Waals surface area contributed by atoms with Crippen molar-refractivity contribution in [2.24, 2.45) is 0 Å². The van der Waals surface area contributed by atoms with Gasteiger partial charge in [-0.25, -0.2) is 0 Å². The van der Waals surface area contributed by atoms with E-state index in [4.69, 9.17) is 0 Å². The molecule has 1 fully saturated rings. The van der Waals surface area contributed by atoms with Crippen LogP contribution in [0, 0.1) is 0 Å². The average Bonchev–Trinajstić information content (AvgIpc) is 2.79. The van der Waals surface area contributed by atoms with E-state index in [0.717, 1.165) is 18.5 Å². The van der Waals surface area contributed by atoms with Crippen LogP contribution in [0.3, 0.4) is 0 Å². The Kier molecular flexibility index (Phi) is 4.27. The number of para-hydroxylation sites is 1. The van der Waals surface area contributed by atoms with Crippen molar-refractivity contribution in [1.29, 1.82) is 0 Å². The van der Waals surface area contributed by atoms with E-state index in [-0.39, 0.29) is 18.3 Å². The summed E-state index contributed by atoms with van der Waals surface area (Å²) in [5.41, 5.74) is 2.29. The van der Waals surface area contributed by atoms with Gasteiger partial charge in [0.1, 0.15) is 0 Å². The predicted molar refractivity (Wildman–Crippen MR) is 80.1 cm³/mol. The van der Waals surface area contributed by atoms with Crippen LogP contribution in [0.5, 0.6) is 0 Å². The molecule has 0 spiro atoms. The summed E-state index contributed by atoms with van der Waals surface area (Å²) in [6.45, 7) is 2.69. The van der Waals surface area contributed by atoms with Crippen LogP contribution in [-0.4, -0.2) is 17.0 Å². The molecule has 1 aromatic carbocycles. The summed E-state index contributed by atoms with van der Waals surface area (Å²) >= 11 is 0. The minimum absolute atomic E-state index is 0. The molecular weight excluding hydrogens is 260 g/mol. The van der Waals surface area contributed by atoms with Crippen molar-refractivity contribution in [2.75, 3.05) is 6.54 Å². The van der Waals surface area contributed by atoms with E-state index in [0.29, 0.717) is 6.04 Å². The van der Waals surface area contributed by atoms with Crippen LogP contribution >= 0.6 is 12.4 Å². The number of hydrogen-bond acceptors (Lipinski definition) is 2. The molecule has 0 unspecified atom stereocenters. The van der Waals surface area contributed by atoms with E-state index in [1.165, 1.54) is 23.8 Å². The number of fused-ring (bicyclic) bond motifs is 1. The monoisotopic (exact) mass is 278 g/mol. The van der Waals surface area contributed by atoms with Crippen LogP contribution in [0.1, 0.15) is 42.6 Å². The van der Waals surface area contributed by atoms with Crippen LogP contribution < -0.4 is 5.32 Å². The fourth-order valence-electron chi connectivity index (χ4n) is 2.86. The fourth-order valence-corrected chi connectivity index (χ4v) is 2.86. The topological polar surface area (TPSA) is 34.0 Å². The second-order valence-electron chi connectivity index (χ2n) is 4.99. The Morgan fingerprint density at radius 2 is 2.11 bits per heavy atom. The van der Waals surface area contributed by atoms with E-state index < -0.39 is 0 Å². The lowest BCUT2D eigenvalue weighted by Gasteiger charge is -2.23. The third-order valence-electron chi connectivity index (χ3n) is 3.77. The molecule has 0 aliphatic carbocycles. The molecule has 0 saturated carbocycles. The van der Waals surface area contributed by atoms with Crippen LogP contribution in [0.2, 0.25) is 0 Å². The van der Waals surface area contributed by atoms with Gasteiger partial charge in [0.2, 0.25) is 5.91 Å². The molecule has 1 aliphatic rings. The van der Waals surface area contributed by atoms with Gasteiger partial charge in [-0.1, -0.05) is 24.6 Å². The maximum absolute atomic E-state index is 11.7. The number of nitrogens with zero attached hydrogens (tertiary/aromatic N) is 1. The standard InChI is InChI=1S/C15H18N2O.ClH/c1-11(18)17-10-13(14-7-4-5-9-16-14)12-6-2-3-8-15(12)17;/h2-3,6,8,10,14,16H,4-5,7,9H2,1H3;1H/t14-;/m1./s1. The van der Waals surface area contributed by atoms with Gasteiger partial charge in [-0.15, -0.1) is 12.4 Å². The number of carbonyl (C=O) groups is 1. The highest BCUT2D eigenvalue weighted by atomic mass is 35.5. The van der Waals surface area contributed by atoms with Gasteiger partial charge in [0, 0.05) is 24.5 Å². The minimum Gasteiger partial charge on any atom is -0.310 e. The highest BCUT2D eigenvalue weighted by Gasteiger charge is 2.20. The van der Waals surface area contributed by atoms with Gasteiger partial charge in [-0.2, -0.15) is 0 Å². The van der Waals surface area contributed by atoms with E-state index in [9.17, 15) is 4.79 Å². The highest BCUT2D eigenvalue weighted by molar-refractivity contribution is 5.93. The molecule has 1 atom stereocenters. The number of aromatic nitrogens is 1. The SMILES string of the molecule is CC(=O)n1cc([C@H]2CCCCN2)c2ccccc21.Cl. The van der Waals surface area contributed by atoms with Gasteiger partial charge in [0.25, 0.3) is 0 Å². The first-order chi connectivity index (χ1) is 8.77. The first-order valence-electron chi connectivity index (χ1n) is 6.61. The van der Waals surface area contributed by atoms with Crippen molar-refractivity contribution >= 4 is 29.2 Å². The molecule has 1 aliphatic heterocycles. The lowest BCUT2D eigenvalue weighted by Crippen LogP contribution is -2.26. The first kappa shape index (κ1) is 14.1. The summed E-state index contributed by atoms with van der Waals surface area (Å²) in [6, 6.07) is 8.55. The van der Waals surface area contributed by atoms with Crippen LogP contribution in [0.25, 0.3) is 10.9 Å². The maximum atomic E-state index is 11.7. The van der Waals surface area contributed by atoms with E-state index in [1.807, 2.05) is 24.4 Å². The Bertz CT molecular complexity index is 585. The van der Waals surface area contributed by atoms with Gasteiger partial charge in [-0.05, 0) is 31.0 Å². The third kappa shape index (κ3) is 2.53. The molecule has 19 heavy (non-hydrogen) atoms. The molecule has 2 aromatic rings. The van der Waals surface area contributed by atoms with Crippen LogP contribution in [0.15, 0.2) is 30.5 Å². The zero-order chi connectivity index (χ0) is 12.5. The molecular formula is C15H19ClN2O. The van der Waals surface area contributed by atoms with Gasteiger partial charge in [0.15, 0.2) is 0 Å². The van der Waals surface area contributed by atoms with Gasteiger partial charge >= 0.3 is 0 Å². The largest absolute Gasteiger partial charge is 0.310 e. The zero-order valence-corrected chi connectivity index (χ0v) is 11.9. The number of halogens is 1. The summed E-state index contributed by atoms with van der Waals surface area (Å²) in [5, 5.41) is 4.76. The molecule has 3 rings (SSSR count). The summed E-state index contributed by atoms with van der Waals surface area (Å²) in [5.74, 6) is 0.0771. The zero-order valence-electron chi connectivity index (χ0n) is 11.1. The van der Waals surface area contributed by atoms with Crippen molar-refractivity contribution in [3.63, 3.8) is 0 Å². The normalized spacial score (nSPS) is 19.1. The minimum atomic E-state index is 0. The summed E-state index contributed by atoms with van der Waals surface area (Å²) in [4.78, 5) is 11.7. The molecule has 4 heteroatoms. The Morgan fingerprint density at radius 3 is 2.79 bits per heavy atom. The third-order valence-corrected chi connectivity index (χ3v) is 3.77. The molecule has 0 bridgehead atoms. The smallest absolute Gasteiger partial charge is 0.227 e. The Hall–Kier alpha value is -1.32. The van der Waals surface area contributed by atoms with E-state index in [1.54, 1.807) is 11.5 Å². The summed E-state index contributed by atoms with van der Waals surface area (Å²) in [6.07, 6.45) is 5.68. The van der Waals surface area contributed by atoms with Gasteiger partial charge in [-0.3, -0.25) is 9.36 Å². The van der Waals surface area contributed by atoms with E-state index in [2.05, 4.69) is 11.4 Å². The Labute approximate surface area is 119 Å². The highest BCUT2D eigenvalue weighted by Crippen LogP contribution is 2.30. The number of piperidine rings is 1. The summed E-state index contributed by atoms with van der Waals surface area (Å²) < 4.78 is 1.76. The Morgan fingerprint density at radius 1 is 1.32 bits per heavy atom. The number of rotatable bonds is 1. The number of hydrogen-bond donors (Lipinski definition) is 1. The molecule has 102 valence electrons. The number of nitrogens with one attached hydrogen (secondary N) is 1. The van der Waals surface area contributed by atoms with E-state index >= 15 is 0 Å². The molecule has 3 nitrogen and oxygen atoms in total. The molecule has 0 radical (unpaired) electrons. The van der Waals surface area contributed by atoms with Gasteiger partial charge in [0.05, 0.1) is 5.52 Å². The quantitative estimate of drug-likeness (QED) is 0.866. The van der Waals surface area contributed by atoms with Crippen LogP contribution in [-0.2, 0) is 0 Å². The lowest BCUT2D eigenvalue weighted by molar-refractivity contribution is 0.0941.